The predicted octanol–water partition coefficient (Wildman–Crippen LogP) is 5.96. The lowest BCUT2D eigenvalue weighted by Gasteiger charge is -2.45. The first-order valence-electron chi connectivity index (χ1n) is 11.1. The Labute approximate surface area is 165 Å². The zero-order chi connectivity index (χ0) is 19.7. The van der Waals surface area contributed by atoms with E-state index >= 15 is 0 Å². The molecule has 27 heavy (non-hydrogen) atoms. The van der Waals surface area contributed by atoms with Crippen molar-refractivity contribution in [2.45, 2.75) is 91.1 Å². The normalized spacial score (nSPS) is 32.6. The maximum Gasteiger partial charge on any atom is 0.168 e. The summed E-state index contributed by atoms with van der Waals surface area (Å²) in [6, 6.07) is 10.3. The van der Waals surface area contributed by atoms with Gasteiger partial charge in [0.2, 0.25) is 0 Å². The second kappa shape index (κ2) is 7.70. The number of rotatable bonds is 9. The van der Waals surface area contributed by atoms with Crippen molar-refractivity contribution >= 4 is 5.78 Å². The van der Waals surface area contributed by atoms with Crippen LogP contribution >= 0.6 is 0 Å². The molecule has 0 amide bonds. The fourth-order valence-corrected chi connectivity index (χ4v) is 6.03. The van der Waals surface area contributed by atoms with Gasteiger partial charge in [-0.1, -0.05) is 83.7 Å². The Kier molecular flexibility index (Phi) is 5.87. The van der Waals surface area contributed by atoms with Crippen LogP contribution < -0.4 is 0 Å². The molecule has 0 aromatic heterocycles. The highest BCUT2D eigenvalue weighted by Gasteiger charge is 2.71. The third-order valence-corrected chi connectivity index (χ3v) is 8.40. The van der Waals surface area contributed by atoms with Gasteiger partial charge in [0.15, 0.2) is 5.78 Å². The van der Waals surface area contributed by atoms with Crippen molar-refractivity contribution in [1.29, 1.82) is 0 Å². The summed E-state index contributed by atoms with van der Waals surface area (Å²) in [6.07, 6.45) is 9.13. The van der Waals surface area contributed by atoms with Crippen molar-refractivity contribution in [3.8, 4) is 0 Å². The van der Waals surface area contributed by atoms with Gasteiger partial charge in [0.1, 0.15) is 5.60 Å². The van der Waals surface area contributed by atoms with E-state index in [1.165, 1.54) is 24.8 Å². The van der Waals surface area contributed by atoms with Crippen LogP contribution in [0.2, 0.25) is 0 Å². The van der Waals surface area contributed by atoms with Crippen molar-refractivity contribution in [2.75, 3.05) is 0 Å². The average molecular weight is 371 g/mol. The summed E-state index contributed by atoms with van der Waals surface area (Å²) in [5.74, 6) is 0.524. The molecule has 150 valence electrons. The minimum Gasteiger partial charge on any atom is -0.381 e. The Bertz CT molecular complexity index is 650. The molecule has 2 aliphatic carbocycles. The summed E-state index contributed by atoms with van der Waals surface area (Å²) in [4.78, 5) is 13.8. The molecule has 1 aromatic carbocycles. The van der Waals surface area contributed by atoms with Crippen molar-refractivity contribution < 1.29 is 9.90 Å². The lowest BCUT2D eigenvalue weighted by Crippen LogP contribution is -2.55. The molecule has 4 atom stereocenters. The predicted molar refractivity (Wildman–Crippen MR) is 112 cm³/mol. The molecule has 0 aliphatic heterocycles. The largest absolute Gasteiger partial charge is 0.381 e. The molecule has 2 fully saturated rings. The summed E-state index contributed by atoms with van der Waals surface area (Å²) in [5, 5.41) is 11.7. The van der Waals surface area contributed by atoms with Gasteiger partial charge in [0, 0.05) is 11.3 Å². The molecular formula is C25H38O2. The molecule has 1 unspecified atom stereocenters. The molecule has 1 N–H and O–H groups in total. The second-order valence-electron chi connectivity index (χ2n) is 9.95. The summed E-state index contributed by atoms with van der Waals surface area (Å²) in [6.45, 7) is 8.93. The topological polar surface area (TPSA) is 37.3 Å². The van der Waals surface area contributed by atoms with E-state index in [-0.39, 0.29) is 22.5 Å². The summed E-state index contributed by atoms with van der Waals surface area (Å²) >= 11 is 0. The minimum absolute atomic E-state index is 0.0386. The van der Waals surface area contributed by atoms with Gasteiger partial charge in [-0.05, 0) is 49.0 Å². The van der Waals surface area contributed by atoms with Gasteiger partial charge in [-0.3, -0.25) is 4.79 Å². The fourth-order valence-electron chi connectivity index (χ4n) is 6.03. The number of hydrogen-bond donors (Lipinski definition) is 1. The van der Waals surface area contributed by atoms with E-state index in [4.69, 9.17) is 0 Å². The Hall–Kier alpha value is -1.15. The van der Waals surface area contributed by atoms with Crippen LogP contribution in [-0.4, -0.2) is 16.5 Å². The fraction of sp³-hybridized carbons (Fsp3) is 0.720. The number of benzene rings is 1. The van der Waals surface area contributed by atoms with Crippen LogP contribution in [-0.2, 0) is 11.2 Å². The first-order chi connectivity index (χ1) is 12.8. The van der Waals surface area contributed by atoms with Gasteiger partial charge in [0.25, 0.3) is 0 Å². The highest BCUT2D eigenvalue weighted by Crippen LogP contribution is 2.70. The SMILES string of the molecule is CCCCCCC(Cc1ccccc1)C(=O)[C@@]1(O)C[C@H]2CC[C@]1(C)C2(C)C. The summed E-state index contributed by atoms with van der Waals surface area (Å²) in [7, 11) is 0. The molecule has 2 nitrogen and oxygen atoms in total. The van der Waals surface area contributed by atoms with E-state index in [1.807, 2.05) is 18.2 Å². The van der Waals surface area contributed by atoms with Gasteiger partial charge in [-0.2, -0.15) is 0 Å². The Balaban J connectivity index is 1.82. The lowest BCUT2D eigenvalue weighted by atomic mass is 9.61. The molecule has 2 saturated carbocycles. The Morgan fingerprint density at radius 3 is 2.41 bits per heavy atom. The van der Waals surface area contributed by atoms with E-state index in [2.05, 4.69) is 39.8 Å². The zero-order valence-electron chi connectivity index (χ0n) is 17.8. The first kappa shape index (κ1) is 20.6. The average Bonchev–Trinajstić information content (AvgIpc) is 2.96. The first-order valence-corrected chi connectivity index (χ1v) is 11.1. The van der Waals surface area contributed by atoms with Gasteiger partial charge < -0.3 is 5.11 Å². The van der Waals surface area contributed by atoms with E-state index in [0.29, 0.717) is 12.3 Å². The molecule has 2 bridgehead atoms. The van der Waals surface area contributed by atoms with E-state index in [1.54, 1.807) is 0 Å². The zero-order valence-corrected chi connectivity index (χ0v) is 17.8. The number of hydrogen-bond acceptors (Lipinski definition) is 2. The van der Waals surface area contributed by atoms with Crippen molar-refractivity contribution in [3.05, 3.63) is 35.9 Å². The Morgan fingerprint density at radius 2 is 1.85 bits per heavy atom. The van der Waals surface area contributed by atoms with Crippen molar-refractivity contribution in [3.63, 3.8) is 0 Å². The summed E-state index contributed by atoms with van der Waals surface area (Å²) in [5.41, 5.74) is -0.191. The van der Waals surface area contributed by atoms with Crippen LogP contribution in [0.3, 0.4) is 0 Å². The number of carbonyl (C=O) groups is 1. The molecular weight excluding hydrogens is 332 g/mol. The number of fused-ring (bicyclic) bond motifs is 2. The van der Waals surface area contributed by atoms with Gasteiger partial charge in [0.05, 0.1) is 0 Å². The smallest absolute Gasteiger partial charge is 0.168 e. The number of aliphatic hydroxyl groups is 1. The molecule has 2 aliphatic rings. The molecule has 2 heteroatoms. The third-order valence-electron chi connectivity index (χ3n) is 8.40. The van der Waals surface area contributed by atoms with Crippen LogP contribution in [0.5, 0.6) is 0 Å². The Morgan fingerprint density at radius 1 is 1.15 bits per heavy atom. The molecule has 0 radical (unpaired) electrons. The molecule has 0 saturated heterocycles. The molecule has 0 spiro atoms. The number of ketones is 1. The van der Waals surface area contributed by atoms with Crippen LogP contribution in [0.15, 0.2) is 30.3 Å². The summed E-state index contributed by atoms with van der Waals surface area (Å²) < 4.78 is 0. The van der Waals surface area contributed by atoms with Crippen molar-refractivity contribution in [1.82, 2.24) is 0 Å². The third kappa shape index (κ3) is 3.39. The van der Waals surface area contributed by atoms with E-state index < -0.39 is 5.60 Å². The van der Waals surface area contributed by atoms with E-state index in [9.17, 15) is 9.90 Å². The van der Waals surface area contributed by atoms with Gasteiger partial charge in [-0.25, -0.2) is 0 Å². The highest BCUT2D eigenvalue weighted by atomic mass is 16.3. The number of unbranched alkanes of at least 4 members (excludes halogenated alkanes) is 3. The highest BCUT2D eigenvalue weighted by molar-refractivity contribution is 5.91. The molecule has 3 rings (SSSR count). The maximum absolute atomic E-state index is 13.8. The number of carbonyl (C=O) groups excluding carboxylic acids is 1. The van der Waals surface area contributed by atoms with Crippen molar-refractivity contribution in [2.24, 2.45) is 22.7 Å². The van der Waals surface area contributed by atoms with Crippen LogP contribution in [0.4, 0.5) is 0 Å². The van der Waals surface area contributed by atoms with Gasteiger partial charge in [-0.15, -0.1) is 0 Å². The quantitative estimate of drug-likeness (QED) is 0.544. The standard InChI is InChI=1S/C25H38O2/c1-5-6-7-11-14-20(17-19-12-9-8-10-13-19)22(26)25(27)18-21-15-16-24(25,4)23(21,2)3/h8-10,12-13,20-21,27H,5-7,11,14-18H2,1-4H3/t20?,21-,24-,25+/m1/s1. The molecule has 0 heterocycles. The molecule has 1 aromatic rings. The van der Waals surface area contributed by atoms with E-state index in [0.717, 1.165) is 32.1 Å². The van der Waals surface area contributed by atoms with Crippen LogP contribution in [0.1, 0.15) is 84.6 Å². The monoisotopic (exact) mass is 370 g/mol. The lowest BCUT2D eigenvalue weighted by molar-refractivity contribution is -0.160. The second-order valence-corrected chi connectivity index (χ2v) is 9.95. The van der Waals surface area contributed by atoms with Crippen LogP contribution in [0.25, 0.3) is 0 Å². The maximum atomic E-state index is 13.8. The number of Topliss-reactive ketones (excluding diaryl/α,β-unsaturated/α-hetero) is 1. The van der Waals surface area contributed by atoms with Crippen LogP contribution in [0, 0.1) is 22.7 Å². The minimum atomic E-state index is -1.15. The van der Waals surface area contributed by atoms with Gasteiger partial charge >= 0.3 is 0 Å².